The molecule has 0 radical (unpaired) electrons. The maximum absolute atomic E-state index is 12.1. The first-order valence-electron chi connectivity index (χ1n) is 9.70. The molecule has 0 unspecified atom stereocenters. The Bertz CT molecular complexity index is 553. The topological polar surface area (TPSA) is 61.8 Å². The molecular formula is C21H32O5. The van der Waals surface area contributed by atoms with Crippen molar-refractivity contribution in [1.82, 2.24) is 0 Å². The number of unbranched alkanes of at least 4 members (excludes halogenated alkanes) is 6. The standard InChI is InChI=1S/C21H32O5/c1-4-6-8-10-15-19(22)25-18-14-12-13-17(24-3)21(18)26-20(23)16-11-9-7-5-2/h12-14H,4-11,15-16H2,1-3H3. The third-order valence-electron chi connectivity index (χ3n) is 4.07. The van der Waals surface area contributed by atoms with E-state index in [1.165, 1.54) is 7.11 Å². The molecule has 0 heterocycles. The number of ether oxygens (including phenoxy) is 3. The summed E-state index contributed by atoms with van der Waals surface area (Å²) in [6, 6.07) is 5.00. The molecular weight excluding hydrogens is 332 g/mol. The highest BCUT2D eigenvalue weighted by atomic mass is 16.6. The van der Waals surface area contributed by atoms with Gasteiger partial charge in [-0.3, -0.25) is 9.59 Å². The van der Waals surface area contributed by atoms with E-state index in [1.807, 2.05) is 0 Å². The summed E-state index contributed by atoms with van der Waals surface area (Å²) in [5.74, 6) is 0.118. The van der Waals surface area contributed by atoms with Crippen molar-refractivity contribution in [2.24, 2.45) is 0 Å². The second-order valence-electron chi connectivity index (χ2n) is 6.36. The lowest BCUT2D eigenvalue weighted by molar-refractivity contribution is -0.137. The van der Waals surface area contributed by atoms with Gasteiger partial charge < -0.3 is 14.2 Å². The van der Waals surface area contributed by atoms with Crippen molar-refractivity contribution in [2.45, 2.75) is 78.1 Å². The largest absolute Gasteiger partial charge is 0.493 e. The van der Waals surface area contributed by atoms with Crippen LogP contribution < -0.4 is 14.2 Å². The molecule has 0 saturated heterocycles. The molecule has 0 aliphatic carbocycles. The van der Waals surface area contributed by atoms with E-state index >= 15 is 0 Å². The third kappa shape index (κ3) is 8.37. The highest BCUT2D eigenvalue weighted by Crippen LogP contribution is 2.37. The fraction of sp³-hybridized carbons (Fsp3) is 0.619. The highest BCUT2D eigenvalue weighted by Gasteiger charge is 2.18. The summed E-state index contributed by atoms with van der Waals surface area (Å²) in [5, 5.41) is 0. The van der Waals surface area contributed by atoms with E-state index in [9.17, 15) is 9.59 Å². The van der Waals surface area contributed by atoms with E-state index in [1.54, 1.807) is 18.2 Å². The summed E-state index contributed by atoms with van der Waals surface area (Å²) >= 11 is 0. The van der Waals surface area contributed by atoms with Crippen molar-refractivity contribution in [3.63, 3.8) is 0 Å². The Hall–Kier alpha value is -2.04. The molecule has 1 aromatic rings. The Labute approximate surface area is 157 Å². The second-order valence-corrected chi connectivity index (χ2v) is 6.36. The Morgan fingerprint density at radius 3 is 1.85 bits per heavy atom. The van der Waals surface area contributed by atoms with Crippen LogP contribution in [0, 0.1) is 0 Å². The minimum Gasteiger partial charge on any atom is -0.493 e. The van der Waals surface area contributed by atoms with Crippen LogP contribution in [0.4, 0.5) is 0 Å². The normalized spacial score (nSPS) is 10.4. The number of esters is 2. The molecule has 5 heteroatoms. The number of methoxy groups -OCH3 is 1. The van der Waals surface area contributed by atoms with E-state index < -0.39 is 0 Å². The van der Waals surface area contributed by atoms with Gasteiger partial charge in [0.15, 0.2) is 11.5 Å². The van der Waals surface area contributed by atoms with E-state index in [4.69, 9.17) is 14.2 Å². The van der Waals surface area contributed by atoms with Gasteiger partial charge in [-0.25, -0.2) is 0 Å². The molecule has 0 aliphatic rings. The van der Waals surface area contributed by atoms with Crippen molar-refractivity contribution >= 4 is 11.9 Å². The zero-order valence-electron chi connectivity index (χ0n) is 16.3. The van der Waals surface area contributed by atoms with Crippen molar-refractivity contribution in [2.75, 3.05) is 7.11 Å². The zero-order valence-corrected chi connectivity index (χ0v) is 16.3. The van der Waals surface area contributed by atoms with Crippen LogP contribution >= 0.6 is 0 Å². The first-order valence-corrected chi connectivity index (χ1v) is 9.70. The number of hydrogen-bond acceptors (Lipinski definition) is 5. The Morgan fingerprint density at radius 2 is 1.31 bits per heavy atom. The summed E-state index contributed by atoms with van der Waals surface area (Å²) in [7, 11) is 1.49. The lowest BCUT2D eigenvalue weighted by atomic mass is 10.1. The number of carbonyl (C=O) groups excluding carboxylic acids is 2. The fourth-order valence-corrected chi connectivity index (χ4v) is 2.57. The molecule has 0 fully saturated rings. The van der Waals surface area contributed by atoms with E-state index in [2.05, 4.69) is 13.8 Å². The predicted octanol–water partition coefficient (Wildman–Crippen LogP) is 5.45. The van der Waals surface area contributed by atoms with Gasteiger partial charge in [0.05, 0.1) is 7.11 Å². The molecule has 0 bridgehead atoms. The number of benzene rings is 1. The quantitative estimate of drug-likeness (QED) is 0.265. The van der Waals surface area contributed by atoms with Gasteiger partial charge in [-0.2, -0.15) is 0 Å². The summed E-state index contributed by atoms with van der Waals surface area (Å²) in [6.07, 6.45) is 8.70. The van der Waals surface area contributed by atoms with Crippen LogP contribution in [0.2, 0.25) is 0 Å². The zero-order chi connectivity index (χ0) is 19.2. The first-order chi connectivity index (χ1) is 12.6. The Balaban J connectivity index is 2.68. The molecule has 0 aromatic heterocycles. The monoisotopic (exact) mass is 364 g/mol. The molecule has 146 valence electrons. The van der Waals surface area contributed by atoms with Crippen LogP contribution in [0.1, 0.15) is 78.1 Å². The summed E-state index contributed by atoms with van der Waals surface area (Å²) in [4.78, 5) is 24.2. The lowest BCUT2D eigenvalue weighted by Gasteiger charge is -2.13. The minimum absolute atomic E-state index is 0.178. The molecule has 0 spiro atoms. The molecule has 1 rings (SSSR count). The van der Waals surface area contributed by atoms with E-state index in [0.717, 1.165) is 51.4 Å². The highest BCUT2D eigenvalue weighted by molar-refractivity contribution is 5.77. The maximum Gasteiger partial charge on any atom is 0.311 e. The maximum atomic E-state index is 12.1. The van der Waals surface area contributed by atoms with Gasteiger partial charge in [0.1, 0.15) is 0 Å². The number of para-hydroxylation sites is 1. The molecule has 0 saturated carbocycles. The van der Waals surface area contributed by atoms with Gasteiger partial charge in [-0.1, -0.05) is 58.4 Å². The van der Waals surface area contributed by atoms with Crippen molar-refractivity contribution < 1.29 is 23.8 Å². The van der Waals surface area contributed by atoms with Crippen LogP contribution in [-0.2, 0) is 9.59 Å². The van der Waals surface area contributed by atoms with Gasteiger partial charge >= 0.3 is 11.9 Å². The molecule has 0 atom stereocenters. The number of rotatable bonds is 13. The van der Waals surface area contributed by atoms with Crippen LogP contribution in [-0.4, -0.2) is 19.0 Å². The smallest absolute Gasteiger partial charge is 0.311 e. The summed E-state index contributed by atoms with van der Waals surface area (Å²) in [5.41, 5.74) is 0. The molecule has 26 heavy (non-hydrogen) atoms. The molecule has 1 aromatic carbocycles. The molecule has 5 nitrogen and oxygen atoms in total. The SMILES string of the molecule is CCCCCCC(=O)Oc1cccc(OC)c1OC(=O)CCCCCC. The summed E-state index contributed by atoms with van der Waals surface area (Å²) in [6.45, 7) is 4.24. The van der Waals surface area contributed by atoms with Gasteiger partial charge in [0.25, 0.3) is 0 Å². The summed E-state index contributed by atoms with van der Waals surface area (Å²) < 4.78 is 16.1. The second kappa shape index (κ2) is 13.2. The fourth-order valence-electron chi connectivity index (χ4n) is 2.57. The number of hydrogen-bond donors (Lipinski definition) is 0. The minimum atomic E-state index is -0.342. The van der Waals surface area contributed by atoms with Crippen molar-refractivity contribution in [1.29, 1.82) is 0 Å². The number of carbonyl (C=O) groups is 2. The van der Waals surface area contributed by atoms with Gasteiger partial charge in [0, 0.05) is 12.8 Å². The average Bonchev–Trinajstić information content (AvgIpc) is 2.64. The van der Waals surface area contributed by atoms with Crippen LogP contribution in [0.5, 0.6) is 17.2 Å². The van der Waals surface area contributed by atoms with Gasteiger partial charge in [-0.15, -0.1) is 0 Å². The third-order valence-corrected chi connectivity index (χ3v) is 4.07. The van der Waals surface area contributed by atoms with Crippen LogP contribution in [0.25, 0.3) is 0 Å². The lowest BCUT2D eigenvalue weighted by Crippen LogP contribution is -2.12. The Morgan fingerprint density at radius 1 is 0.769 bits per heavy atom. The average molecular weight is 364 g/mol. The van der Waals surface area contributed by atoms with E-state index in [0.29, 0.717) is 18.6 Å². The molecule has 0 amide bonds. The molecule has 0 N–H and O–H groups in total. The van der Waals surface area contributed by atoms with Crippen molar-refractivity contribution in [3.05, 3.63) is 18.2 Å². The Kier molecular flexibility index (Phi) is 11.2. The van der Waals surface area contributed by atoms with Crippen molar-refractivity contribution in [3.8, 4) is 17.2 Å². The van der Waals surface area contributed by atoms with Crippen LogP contribution in [0.3, 0.4) is 0 Å². The predicted molar refractivity (Wildman–Crippen MR) is 102 cm³/mol. The van der Waals surface area contributed by atoms with E-state index in [-0.39, 0.29) is 23.4 Å². The van der Waals surface area contributed by atoms with Gasteiger partial charge in [0.2, 0.25) is 5.75 Å². The first kappa shape index (κ1) is 22.0. The molecule has 0 aliphatic heterocycles. The van der Waals surface area contributed by atoms with Crippen LogP contribution in [0.15, 0.2) is 18.2 Å². The van der Waals surface area contributed by atoms with Gasteiger partial charge in [-0.05, 0) is 25.0 Å².